The van der Waals surface area contributed by atoms with Crippen LogP contribution in [0.2, 0.25) is 5.02 Å². The van der Waals surface area contributed by atoms with Gasteiger partial charge in [-0.3, -0.25) is 4.79 Å². The van der Waals surface area contributed by atoms with Crippen molar-refractivity contribution < 1.29 is 4.79 Å². The van der Waals surface area contributed by atoms with Gasteiger partial charge < -0.3 is 0 Å². The van der Waals surface area contributed by atoms with Gasteiger partial charge in [0.2, 0.25) is 0 Å². The van der Waals surface area contributed by atoms with Crippen molar-refractivity contribution in [1.82, 2.24) is 0 Å². The topological polar surface area (TPSA) is 17.1 Å². The van der Waals surface area contributed by atoms with Crippen LogP contribution in [0.4, 0.5) is 0 Å². The smallest absolute Gasteiger partial charge is 0.159 e. The van der Waals surface area contributed by atoms with E-state index >= 15 is 0 Å². The van der Waals surface area contributed by atoms with Gasteiger partial charge >= 0.3 is 0 Å². The van der Waals surface area contributed by atoms with Crippen LogP contribution in [0.25, 0.3) is 0 Å². The normalized spacial score (nSPS) is 21.2. The summed E-state index contributed by atoms with van der Waals surface area (Å²) in [6.45, 7) is 1.60. The molecule has 19 heavy (non-hydrogen) atoms. The van der Waals surface area contributed by atoms with Gasteiger partial charge in [-0.15, -0.1) is 0 Å². The van der Waals surface area contributed by atoms with Gasteiger partial charge in [-0.05, 0) is 48.4 Å². The molecule has 0 N–H and O–H groups in total. The molecule has 2 heteroatoms. The van der Waals surface area contributed by atoms with Crippen molar-refractivity contribution in [2.75, 3.05) is 0 Å². The zero-order valence-corrected chi connectivity index (χ0v) is 11.5. The molecule has 2 aromatic carbocycles. The van der Waals surface area contributed by atoms with E-state index in [4.69, 9.17) is 11.6 Å². The van der Waals surface area contributed by atoms with E-state index < -0.39 is 0 Å². The Bertz CT molecular complexity index is 598. The fourth-order valence-electron chi connectivity index (χ4n) is 2.61. The van der Waals surface area contributed by atoms with Crippen LogP contribution >= 0.6 is 11.6 Å². The highest BCUT2D eigenvalue weighted by Gasteiger charge is 2.39. The third-order valence-corrected chi connectivity index (χ3v) is 4.09. The molecule has 0 aromatic heterocycles. The summed E-state index contributed by atoms with van der Waals surface area (Å²) in [4.78, 5) is 11.2. The fourth-order valence-corrected chi connectivity index (χ4v) is 2.73. The standard InChI is InChI=1S/C17H15ClO/c1-11(19)12-2-4-13(5-3-12)16-10-17(16)14-6-8-15(18)9-7-14/h2-9,16-17H,10H2,1H3/t16-,17-/m1/s1. The van der Waals surface area contributed by atoms with Crippen molar-refractivity contribution in [3.05, 3.63) is 70.2 Å². The van der Waals surface area contributed by atoms with Gasteiger partial charge in [-0.25, -0.2) is 0 Å². The maximum Gasteiger partial charge on any atom is 0.159 e. The molecule has 1 aliphatic carbocycles. The van der Waals surface area contributed by atoms with Crippen molar-refractivity contribution in [2.45, 2.75) is 25.2 Å². The average molecular weight is 271 g/mol. The Balaban J connectivity index is 1.75. The van der Waals surface area contributed by atoms with Gasteiger partial charge in [0.15, 0.2) is 5.78 Å². The number of ketones is 1. The highest BCUT2D eigenvalue weighted by Crippen LogP contribution is 2.54. The summed E-state index contributed by atoms with van der Waals surface area (Å²) in [5.74, 6) is 1.30. The van der Waals surface area contributed by atoms with Gasteiger partial charge in [0.05, 0.1) is 0 Å². The van der Waals surface area contributed by atoms with E-state index in [1.807, 2.05) is 24.3 Å². The lowest BCUT2D eigenvalue weighted by Gasteiger charge is -2.03. The molecular formula is C17H15ClO. The summed E-state index contributed by atoms with van der Waals surface area (Å²) in [6, 6.07) is 16.1. The highest BCUT2D eigenvalue weighted by molar-refractivity contribution is 6.30. The van der Waals surface area contributed by atoms with Crippen LogP contribution in [0, 0.1) is 0 Å². The molecule has 0 bridgehead atoms. The second kappa shape index (κ2) is 4.82. The third-order valence-electron chi connectivity index (χ3n) is 3.83. The van der Waals surface area contributed by atoms with E-state index in [0.717, 1.165) is 10.6 Å². The quantitative estimate of drug-likeness (QED) is 0.731. The number of benzene rings is 2. The first-order valence-electron chi connectivity index (χ1n) is 6.51. The molecule has 0 amide bonds. The second-order valence-electron chi connectivity index (χ2n) is 5.18. The average Bonchev–Trinajstić information content (AvgIpc) is 3.20. The minimum Gasteiger partial charge on any atom is -0.295 e. The van der Waals surface area contributed by atoms with Gasteiger partial charge in [-0.1, -0.05) is 48.0 Å². The number of rotatable bonds is 3. The van der Waals surface area contributed by atoms with Crippen molar-refractivity contribution in [3.8, 4) is 0 Å². The van der Waals surface area contributed by atoms with E-state index in [1.165, 1.54) is 17.5 Å². The van der Waals surface area contributed by atoms with E-state index in [2.05, 4.69) is 24.3 Å². The van der Waals surface area contributed by atoms with Crippen LogP contribution in [0.15, 0.2) is 48.5 Å². The molecule has 0 heterocycles. The molecule has 1 fully saturated rings. The molecule has 2 atom stereocenters. The zero-order chi connectivity index (χ0) is 13.4. The first-order chi connectivity index (χ1) is 9.15. The summed E-state index contributed by atoms with van der Waals surface area (Å²) < 4.78 is 0. The number of halogens is 1. The lowest BCUT2D eigenvalue weighted by atomic mass is 10.0. The van der Waals surface area contributed by atoms with Crippen molar-refractivity contribution >= 4 is 17.4 Å². The SMILES string of the molecule is CC(=O)c1ccc([C@H]2C[C@@H]2c2ccc(Cl)cc2)cc1. The first-order valence-corrected chi connectivity index (χ1v) is 6.89. The second-order valence-corrected chi connectivity index (χ2v) is 5.61. The zero-order valence-electron chi connectivity index (χ0n) is 10.8. The first kappa shape index (κ1) is 12.4. The van der Waals surface area contributed by atoms with E-state index in [0.29, 0.717) is 11.8 Å². The Labute approximate surface area is 118 Å². The van der Waals surface area contributed by atoms with Crippen LogP contribution in [-0.2, 0) is 0 Å². The molecule has 2 aromatic rings. The lowest BCUT2D eigenvalue weighted by molar-refractivity contribution is 0.101. The van der Waals surface area contributed by atoms with Crippen LogP contribution in [0.5, 0.6) is 0 Å². The molecule has 3 rings (SSSR count). The van der Waals surface area contributed by atoms with Gasteiger partial charge in [0.1, 0.15) is 0 Å². The fraction of sp³-hybridized carbons (Fsp3) is 0.235. The molecule has 1 saturated carbocycles. The van der Waals surface area contributed by atoms with Crippen molar-refractivity contribution in [2.24, 2.45) is 0 Å². The van der Waals surface area contributed by atoms with Crippen LogP contribution in [0.1, 0.15) is 46.7 Å². The summed E-state index contributed by atoms with van der Waals surface area (Å²) in [5, 5.41) is 0.784. The van der Waals surface area contributed by atoms with E-state index in [9.17, 15) is 4.79 Å². The molecule has 0 unspecified atom stereocenters. The summed E-state index contributed by atoms with van der Waals surface area (Å²) >= 11 is 5.91. The maximum atomic E-state index is 11.2. The molecule has 0 radical (unpaired) electrons. The Hall–Kier alpha value is -1.60. The molecule has 0 spiro atoms. The van der Waals surface area contributed by atoms with Gasteiger partial charge in [0, 0.05) is 10.6 Å². The monoisotopic (exact) mass is 270 g/mol. The Morgan fingerprint density at radius 3 is 1.89 bits per heavy atom. The lowest BCUT2D eigenvalue weighted by Crippen LogP contribution is -1.92. The number of carbonyl (C=O) groups excluding carboxylic acids is 1. The van der Waals surface area contributed by atoms with E-state index in [-0.39, 0.29) is 5.78 Å². The maximum absolute atomic E-state index is 11.2. The highest BCUT2D eigenvalue weighted by atomic mass is 35.5. The van der Waals surface area contributed by atoms with E-state index in [1.54, 1.807) is 6.92 Å². The summed E-state index contributed by atoms with van der Waals surface area (Å²) in [6.07, 6.45) is 1.18. The predicted molar refractivity (Wildman–Crippen MR) is 78.0 cm³/mol. The van der Waals surface area contributed by atoms with Crippen LogP contribution in [0.3, 0.4) is 0 Å². The third kappa shape index (κ3) is 2.57. The number of hydrogen-bond donors (Lipinski definition) is 0. The Morgan fingerprint density at radius 2 is 1.42 bits per heavy atom. The molecule has 96 valence electrons. The Kier molecular flexibility index (Phi) is 3.16. The molecular weight excluding hydrogens is 256 g/mol. The summed E-state index contributed by atoms with van der Waals surface area (Å²) in [7, 11) is 0. The molecule has 0 saturated heterocycles. The van der Waals surface area contributed by atoms with Gasteiger partial charge in [0.25, 0.3) is 0 Å². The predicted octanol–water partition coefficient (Wildman–Crippen LogP) is 4.81. The molecule has 1 aliphatic rings. The number of carbonyl (C=O) groups is 1. The molecule has 1 nitrogen and oxygen atoms in total. The van der Waals surface area contributed by atoms with Gasteiger partial charge in [-0.2, -0.15) is 0 Å². The summed E-state index contributed by atoms with van der Waals surface area (Å²) in [5.41, 5.74) is 3.46. The van der Waals surface area contributed by atoms with Crippen molar-refractivity contribution in [1.29, 1.82) is 0 Å². The number of Topliss-reactive ketones (excluding diaryl/α,β-unsaturated/α-hetero) is 1. The minimum atomic E-state index is 0.122. The van der Waals surface area contributed by atoms with Crippen LogP contribution in [-0.4, -0.2) is 5.78 Å². The molecule has 0 aliphatic heterocycles. The number of hydrogen-bond acceptors (Lipinski definition) is 1. The van der Waals surface area contributed by atoms with Crippen LogP contribution < -0.4 is 0 Å². The van der Waals surface area contributed by atoms with Crippen molar-refractivity contribution in [3.63, 3.8) is 0 Å². The minimum absolute atomic E-state index is 0.122. The largest absolute Gasteiger partial charge is 0.295 e. The Morgan fingerprint density at radius 1 is 0.947 bits per heavy atom.